The summed E-state index contributed by atoms with van der Waals surface area (Å²) in [5.41, 5.74) is 0.532. The number of methoxy groups -OCH3 is 1. The third-order valence-corrected chi connectivity index (χ3v) is 16.1. The van der Waals surface area contributed by atoms with Gasteiger partial charge in [0.15, 0.2) is 6.29 Å². The molecule has 2 spiro atoms. The molecule has 0 aromatic rings. The van der Waals surface area contributed by atoms with Crippen LogP contribution in [-0.4, -0.2) is 78.4 Å². The van der Waals surface area contributed by atoms with Crippen molar-refractivity contribution < 1.29 is 34.0 Å². The molecule has 2 N–H and O–H groups in total. The third kappa shape index (κ3) is 4.87. The highest BCUT2D eigenvalue weighted by Gasteiger charge is 2.83. The third-order valence-electron chi connectivity index (χ3n) is 16.1. The van der Waals surface area contributed by atoms with E-state index in [0.29, 0.717) is 60.6 Å². The van der Waals surface area contributed by atoms with Gasteiger partial charge in [-0.05, 0) is 122 Å². The van der Waals surface area contributed by atoms with E-state index >= 15 is 0 Å². The molecule has 7 fully saturated rings. The molecule has 8 heteroatoms. The van der Waals surface area contributed by atoms with Crippen LogP contribution in [-0.2, 0) is 23.8 Å². The van der Waals surface area contributed by atoms with Gasteiger partial charge in [-0.3, -0.25) is 9.59 Å². The van der Waals surface area contributed by atoms with Crippen LogP contribution in [0.1, 0.15) is 118 Å². The summed E-state index contributed by atoms with van der Waals surface area (Å²) in [7, 11) is 1.63. The zero-order valence-electron chi connectivity index (χ0n) is 29.4. The highest BCUT2D eigenvalue weighted by atomic mass is 16.7. The van der Waals surface area contributed by atoms with Crippen molar-refractivity contribution in [2.45, 2.75) is 143 Å². The Kier molecular flexibility index (Phi) is 8.26. The van der Waals surface area contributed by atoms with Crippen molar-refractivity contribution in [1.82, 2.24) is 4.90 Å². The molecule has 8 nitrogen and oxygen atoms in total. The fraction of sp³-hybridized carbons (Fsp3) is 0.947. The molecule has 6 saturated carbocycles. The summed E-state index contributed by atoms with van der Waals surface area (Å²) >= 11 is 0. The Bertz CT molecular complexity index is 1200. The Labute approximate surface area is 276 Å². The lowest BCUT2D eigenvalue weighted by molar-refractivity contribution is -0.248. The first-order valence-corrected chi connectivity index (χ1v) is 18.7. The second-order valence-corrected chi connectivity index (χ2v) is 18.2. The summed E-state index contributed by atoms with van der Waals surface area (Å²) in [6, 6.07) is 0. The molecule has 0 bridgehead atoms. The number of aliphatic hydroxyl groups is 1. The largest absolute Gasteiger partial charge is 0.481 e. The summed E-state index contributed by atoms with van der Waals surface area (Å²) in [5, 5.41) is 21.4. The minimum Gasteiger partial charge on any atom is -0.481 e. The van der Waals surface area contributed by atoms with Gasteiger partial charge in [0, 0.05) is 25.5 Å². The number of rotatable bonds is 10. The van der Waals surface area contributed by atoms with Crippen LogP contribution in [0.25, 0.3) is 0 Å². The number of aliphatic carboxylic acids is 1. The van der Waals surface area contributed by atoms with Crippen LogP contribution < -0.4 is 0 Å². The molecule has 7 aliphatic rings. The standard InChI is InChI=1S/C38H61NO7/c1-23(17-25(44-6)19-32(42)43)26-20-29(40)36(5)28-10-9-27-34(2,3)30(11-12-37(27)22-38(28,37)14-13-35(26,36)4)46-33-21-39(15-16-45-33)31(41)18-24-7-8-24/h23-30,33,40H,7-22H2,1-6H3,(H,42,43)/t23-,25?,26-,27?,28?,29+,30?,33?,35?,36-,37?,38?/m1/s1. The Morgan fingerprint density at radius 1 is 1.00 bits per heavy atom. The molecule has 1 amide bonds. The number of amides is 1. The van der Waals surface area contributed by atoms with E-state index in [9.17, 15) is 19.8 Å². The van der Waals surface area contributed by atoms with Crippen LogP contribution in [0.5, 0.6) is 0 Å². The first kappa shape index (κ1) is 33.3. The Morgan fingerprint density at radius 2 is 1.72 bits per heavy atom. The number of carbonyl (C=O) groups is 2. The lowest BCUT2D eigenvalue weighted by Gasteiger charge is -2.64. The molecule has 1 aliphatic heterocycles. The van der Waals surface area contributed by atoms with Crippen LogP contribution in [0.15, 0.2) is 0 Å². The molecule has 1 saturated heterocycles. The van der Waals surface area contributed by atoms with Gasteiger partial charge in [-0.15, -0.1) is 0 Å². The van der Waals surface area contributed by atoms with Gasteiger partial charge >= 0.3 is 5.97 Å². The number of ether oxygens (including phenoxy) is 3. The maximum atomic E-state index is 12.9. The summed E-state index contributed by atoms with van der Waals surface area (Å²) in [5.74, 6) is 1.80. The minimum absolute atomic E-state index is 0.0165. The molecular weight excluding hydrogens is 582 g/mol. The molecule has 0 aromatic carbocycles. The Hall–Kier alpha value is -1.22. The fourth-order valence-corrected chi connectivity index (χ4v) is 13.4. The van der Waals surface area contributed by atoms with Crippen LogP contribution in [0.3, 0.4) is 0 Å². The lowest BCUT2D eigenvalue weighted by atomic mass is 9.41. The van der Waals surface area contributed by atoms with Gasteiger partial charge in [-0.1, -0.05) is 34.6 Å². The highest BCUT2D eigenvalue weighted by molar-refractivity contribution is 5.76. The van der Waals surface area contributed by atoms with Crippen LogP contribution in [0.2, 0.25) is 0 Å². The normalized spacial score (nSPS) is 47.2. The molecule has 6 aliphatic carbocycles. The number of hydrogen-bond donors (Lipinski definition) is 2. The zero-order chi connectivity index (χ0) is 32.9. The summed E-state index contributed by atoms with van der Waals surface area (Å²) in [6.45, 7) is 13.8. The average Bonchev–Trinajstić information content (AvgIpc) is 3.92. The maximum Gasteiger partial charge on any atom is 0.305 e. The van der Waals surface area contributed by atoms with Crippen LogP contribution in [0, 0.1) is 56.7 Å². The summed E-state index contributed by atoms with van der Waals surface area (Å²) in [4.78, 5) is 26.3. The van der Waals surface area contributed by atoms with Gasteiger partial charge in [0.25, 0.3) is 0 Å². The average molecular weight is 644 g/mol. The Balaban J connectivity index is 1.05. The molecule has 7 rings (SSSR count). The Morgan fingerprint density at radius 3 is 2.41 bits per heavy atom. The van der Waals surface area contributed by atoms with E-state index in [0.717, 1.165) is 32.1 Å². The molecule has 12 atom stereocenters. The summed E-state index contributed by atoms with van der Waals surface area (Å²) in [6.07, 6.45) is 12.0. The van der Waals surface area contributed by atoms with E-state index in [1.165, 1.54) is 38.5 Å². The second-order valence-electron chi connectivity index (χ2n) is 18.2. The SMILES string of the molecule is COC(CC(=O)O)C[C@@H](C)[C@H]1C[C@H](O)[C@@]2(C)C3CCC4C(C)(C)C(OC5CN(C(=O)CC6CC6)CCO5)CCC45CC35CCC12C. The van der Waals surface area contributed by atoms with Crippen molar-refractivity contribution in [3.63, 3.8) is 0 Å². The van der Waals surface area contributed by atoms with Crippen LogP contribution >= 0.6 is 0 Å². The van der Waals surface area contributed by atoms with Crippen molar-refractivity contribution in [2.24, 2.45) is 56.7 Å². The molecule has 8 unspecified atom stereocenters. The van der Waals surface area contributed by atoms with E-state index in [2.05, 4.69) is 34.6 Å². The zero-order valence-corrected chi connectivity index (χ0v) is 29.4. The number of hydrogen-bond acceptors (Lipinski definition) is 6. The number of nitrogens with zero attached hydrogens (tertiary/aromatic N) is 1. The topological polar surface area (TPSA) is 106 Å². The number of fused-ring (bicyclic) bond motifs is 2. The molecule has 0 radical (unpaired) electrons. The first-order valence-electron chi connectivity index (χ1n) is 18.7. The van der Waals surface area contributed by atoms with E-state index in [-0.39, 0.29) is 59.1 Å². The van der Waals surface area contributed by atoms with Crippen molar-refractivity contribution >= 4 is 11.9 Å². The van der Waals surface area contributed by atoms with Crippen molar-refractivity contribution in [2.75, 3.05) is 26.8 Å². The smallest absolute Gasteiger partial charge is 0.305 e. The molecular formula is C38H61NO7. The monoisotopic (exact) mass is 643 g/mol. The molecule has 46 heavy (non-hydrogen) atoms. The number of aliphatic hydroxyl groups excluding tert-OH is 1. The van der Waals surface area contributed by atoms with E-state index < -0.39 is 5.97 Å². The van der Waals surface area contributed by atoms with Crippen LogP contribution in [0.4, 0.5) is 0 Å². The number of carboxylic acids is 1. The van der Waals surface area contributed by atoms with Crippen molar-refractivity contribution in [3.8, 4) is 0 Å². The number of morpholine rings is 1. The van der Waals surface area contributed by atoms with Crippen molar-refractivity contribution in [1.29, 1.82) is 0 Å². The molecule has 1 heterocycles. The molecule has 0 aromatic heterocycles. The lowest BCUT2D eigenvalue weighted by Crippen LogP contribution is -2.60. The van der Waals surface area contributed by atoms with Gasteiger partial charge in [-0.25, -0.2) is 0 Å². The minimum atomic E-state index is -0.813. The first-order chi connectivity index (χ1) is 21.7. The van der Waals surface area contributed by atoms with E-state index in [1.807, 2.05) is 4.90 Å². The van der Waals surface area contributed by atoms with Gasteiger partial charge in [0.2, 0.25) is 5.91 Å². The van der Waals surface area contributed by atoms with Gasteiger partial charge in [0.1, 0.15) is 0 Å². The highest BCUT2D eigenvalue weighted by Crippen LogP contribution is 2.89. The summed E-state index contributed by atoms with van der Waals surface area (Å²) < 4.78 is 18.5. The van der Waals surface area contributed by atoms with Gasteiger partial charge in [-0.2, -0.15) is 0 Å². The molecule has 260 valence electrons. The second kappa shape index (κ2) is 11.4. The van der Waals surface area contributed by atoms with Gasteiger partial charge < -0.3 is 29.3 Å². The fourth-order valence-electron chi connectivity index (χ4n) is 13.4. The quantitative estimate of drug-likeness (QED) is 0.289. The van der Waals surface area contributed by atoms with Gasteiger partial charge in [0.05, 0.1) is 37.9 Å². The number of carboxylic acid groups (broad SMARTS) is 1. The predicted octanol–water partition coefficient (Wildman–Crippen LogP) is 6.28. The predicted molar refractivity (Wildman–Crippen MR) is 174 cm³/mol. The maximum absolute atomic E-state index is 12.9. The number of carbonyl (C=O) groups excluding carboxylic acids is 1. The van der Waals surface area contributed by atoms with E-state index in [4.69, 9.17) is 14.2 Å². The van der Waals surface area contributed by atoms with E-state index in [1.54, 1.807) is 7.11 Å². The van der Waals surface area contributed by atoms with Crippen molar-refractivity contribution in [3.05, 3.63) is 0 Å².